The first-order valence-corrected chi connectivity index (χ1v) is 4.16. The molecule has 0 amide bonds. The topological polar surface area (TPSA) is 29.1 Å². The van der Waals surface area contributed by atoms with E-state index in [0.717, 1.165) is 25.1 Å². The fraction of sp³-hybridized carbons (Fsp3) is 0.667. The molecule has 0 saturated heterocycles. The number of carbonyl (C=O) groups is 1. The molecule has 70 valence electrons. The van der Waals surface area contributed by atoms with Crippen LogP contribution in [0.25, 0.3) is 0 Å². The van der Waals surface area contributed by atoms with Crippen LogP contribution in [-0.2, 0) is 4.79 Å². The van der Waals surface area contributed by atoms with E-state index >= 15 is 0 Å². The Bertz CT molecular complexity index is 187. The summed E-state index contributed by atoms with van der Waals surface area (Å²) in [5, 5.41) is 3.18. The van der Waals surface area contributed by atoms with Crippen molar-refractivity contribution in [2.24, 2.45) is 5.92 Å². The third-order valence-corrected chi connectivity index (χ3v) is 1.87. The predicted molar refractivity (Wildman–Crippen MR) is 52.7 cm³/mol. The van der Waals surface area contributed by atoms with Gasteiger partial charge in [-0.3, -0.25) is 4.79 Å². The molecule has 1 aliphatic heterocycles. The Labute approximate surface area is 79.8 Å². The van der Waals surface area contributed by atoms with Gasteiger partial charge in [0, 0.05) is 18.0 Å². The summed E-state index contributed by atoms with van der Waals surface area (Å²) < 4.78 is 0. The molecule has 1 aliphatic rings. The smallest absolute Gasteiger partial charge is 0.162 e. The lowest BCUT2D eigenvalue weighted by molar-refractivity contribution is -0.118. The quantitative estimate of drug-likeness (QED) is 0.715. The highest BCUT2D eigenvalue weighted by Gasteiger charge is 2.14. The zero-order valence-electron chi connectivity index (χ0n) is 7.59. The molecule has 0 aromatic rings. The summed E-state index contributed by atoms with van der Waals surface area (Å²) in [6, 6.07) is 0. The molecular formula is C9H16ClNO. The van der Waals surface area contributed by atoms with Gasteiger partial charge in [-0.25, -0.2) is 0 Å². The predicted octanol–water partition coefficient (Wildman–Crippen LogP) is 1.55. The molecule has 2 nitrogen and oxygen atoms in total. The average molecular weight is 190 g/mol. The van der Waals surface area contributed by atoms with Gasteiger partial charge in [0.05, 0.1) is 0 Å². The van der Waals surface area contributed by atoms with Crippen LogP contribution in [0.15, 0.2) is 11.6 Å². The highest BCUT2D eigenvalue weighted by molar-refractivity contribution is 5.97. The number of hydrogen-bond donors (Lipinski definition) is 1. The number of nitrogens with one attached hydrogen (secondary N) is 1. The first-order chi connectivity index (χ1) is 5.22. The van der Waals surface area contributed by atoms with Gasteiger partial charge in [0.25, 0.3) is 0 Å². The van der Waals surface area contributed by atoms with Crippen molar-refractivity contribution in [2.75, 3.05) is 13.1 Å². The van der Waals surface area contributed by atoms with Crippen molar-refractivity contribution in [3.05, 3.63) is 11.6 Å². The third kappa shape index (κ3) is 2.95. The Hall–Kier alpha value is -0.340. The van der Waals surface area contributed by atoms with E-state index in [4.69, 9.17) is 0 Å². The first-order valence-electron chi connectivity index (χ1n) is 4.16. The van der Waals surface area contributed by atoms with Crippen LogP contribution in [0.1, 0.15) is 20.3 Å². The second-order valence-corrected chi connectivity index (χ2v) is 3.21. The van der Waals surface area contributed by atoms with Crippen LogP contribution in [0.4, 0.5) is 0 Å². The lowest BCUT2D eigenvalue weighted by Gasteiger charge is -2.14. The lowest BCUT2D eigenvalue weighted by Crippen LogP contribution is -2.27. The van der Waals surface area contributed by atoms with Crippen LogP contribution in [0, 0.1) is 5.92 Å². The van der Waals surface area contributed by atoms with Gasteiger partial charge in [0.1, 0.15) is 0 Å². The van der Waals surface area contributed by atoms with Gasteiger partial charge >= 0.3 is 0 Å². The van der Waals surface area contributed by atoms with Crippen LogP contribution in [0.2, 0.25) is 0 Å². The maximum absolute atomic E-state index is 11.4. The summed E-state index contributed by atoms with van der Waals surface area (Å²) in [6.45, 7) is 5.65. The fourth-order valence-corrected chi connectivity index (χ4v) is 1.20. The molecule has 0 radical (unpaired) electrons. The van der Waals surface area contributed by atoms with Crippen molar-refractivity contribution in [1.29, 1.82) is 0 Å². The Morgan fingerprint density at radius 3 is 2.67 bits per heavy atom. The summed E-state index contributed by atoms with van der Waals surface area (Å²) in [7, 11) is 0. The van der Waals surface area contributed by atoms with E-state index < -0.39 is 0 Å². The van der Waals surface area contributed by atoms with Gasteiger partial charge in [-0.1, -0.05) is 19.9 Å². The molecule has 0 unspecified atom stereocenters. The molecule has 12 heavy (non-hydrogen) atoms. The highest BCUT2D eigenvalue weighted by Crippen LogP contribution is 2.08. The number of rotatable bonds is 2. The Morgan fingerprint density at radius 2 is 2.25 bits per heavy atom. The van der Waals surface area contributed by atoms with E-state index in [2.05, 4.69) is 11.4 Å². The van der Waals surface area contributed by atoms with Gasteiger partial charge in [-0.2, -0.15) is 0 Å². The SMILES string of the molecule is CC(C)C(=O)C1=CCCNC1.Cl. The largest absolute Gasteiger partial charge is 0.312 e. The molecule has 0 aliphatic carbocycles. The van der Waals surface area contributed by atoms with Crippen molar-refractivity contribution in [3.63, 3.8) is 0 Å². The normalized spacial score (nSPS) is 16.8. The molecular weight excluding hydrogens is 174 g/mol. The number of Topliss-reactive ketones (excluding diaryl/α,β-unsaturated/α-hetero) is 1. The Morgan fingerprint density at radius 1 is 1.58 bits per heavy atom. The molecule has 0 fully saturated rings. The molecule has 1 N–H and O–H groups in total. The Balaban J connectivity index is 0.00000121. The zero-order valence-corrected chi connectivity index (χ0v) is 8.41. The monoisotopic (exact) mass is 189 g/mol. The van der Waals surface area contributed by atoms with E-state index in [0.29, 0.717) is 0 Å². The second-order valence-electron chi connectivity index (χ2n) is 3.21. The molecule has 0 spiro atoms. The van der Waals surface area contributed by atoms with E-state index in [-0.39, 0.29) is 24.1 Å². The van der Waals surface area contributed by atoms with Crippen molar-refractivity contribution >= 4 is 18.2 Å². The van der Waals surface area contributed by atoms with Gasteiger partial charge in [0.15, 0.2) is 5.78 Å². The molecule has 3 heteroatoms. The maximum atomic E-state index is 11.4. The second kappa shape index (κ2) is 5.33. The molecule has 0 aromatic carbocycles. The van der Waals surface area contributed by atoms with Crippen LogP contribution in [0.5, 0.6) is 0 Å². The van der Waals surface area contributed by atoms with E-state index in [1.807, 2.05) is 13.8 Å². The lowest BCUT2D eigenvalue weighted by atomic mass is 9.98. The van der Waals surface area contributed by atoms with E-state index in [9.17, 15) is 4.79 Å². The van der Waals surface area contributed by atoms with E-state index in [1.54, 1.807) is 0 Å². The van der Waals surface area contributed by atoms with E-state index in [1.165, 1.54) is 0 Å². The number of hydrogen-bond acceptors (Lipinski definition) is 2. The third-order valence-electron chi connectivity index (χ3n) is 1.87. The minimum absolute atomic E-state index is 0. The number of halogens is 1. The summed E-state index contributed by atoms with van der Waals surface area (Å²) in [4.78, 5) is 11.4. The molecule has 1 rings (SSSR count). The first kappa shape index (κ1) is 11.7. The summed E-state index contributed by atoms with van der Waals surface area (Å²) in [5.41, 5.74) is 0.964. The van der Waals surface area contributed by atoms with Crippen molar-refractivity contribution < 1.29 is 4.79 Å². The Kier molecular flexibility index (Phi) is 5.18. The molecule has 1 heterocycles. The summed E-state index contributed by atoms with van der Waals surface area (Å²) in [6.07, 6.45) is 3.05. The van der Waals surface area contributed by atoms with Crippen LogP contribution in [-0.4, -0.2) is 18.9 Å². The van der Waals surface area contributed by atoms with Crippen molar-refractivity contribution in [1.82, 2.24) is 5.32 Å². The standard InChI is InChI=1S/C9H15NO.ClH/c1-7(2)9(11)8-4-3-5-10-6-8;/h4,7,10H,3,5-6H2,1-2H3;1H. The molecule has 0 saturated carbocycles. The van der Waals surface area contributed by atoms with Crippen LogP contribution >= 0.6 is 12.4 Å². The minimum atomic E-state index is 0. The highest BCUT2D eigenvalue weighted by atomic mass is 35.5. The maximum Gasteiger partial charge on any atom is 0.162 e. The van der Waals surface area contributed by atoms with Crippen molar-refractivity contribution in [2.45, 2.75) is 20.3 Å². The molecule has 0 aromatic heterocycles. The molecule has 0 atom stereocenters. The van der Waals surface area contributed by atoms with Crippen molar-refractivity contribution in [3.8, 4) is 0 Å². The minimum Gasteiger partial charge on any atom is -0.312 e. The van der Waals surface area contributed by atoms with Gasteiger partial charge in [0.2, 0.25) is 0 Å². The fourth-order valence-electron chi connectivity index (χ4n) is 1.20. The number of carbonyl (C=O) groups excluding carboxylic acids is 1. The number of ketones is 1. The average Bonchev–Trinajstić information content (AvgIpc) is 2.05. The summed E-state index contributed by atoms with van der Waals surface area (Å²) >= 11 is 0. The zero-order chi connectivity index (χ0) is 8.27. The van der Waals surface area contributed by atoms with Gasteiger partial charge in [-0.05, 0) is 13.0 Å². The van der Waals surface area contributed by atoms with Gasteiger partial charge in [-0.15, -0.1) is 12.4 Å². The van der Waals surface area contributed by atoms with Crippen LogP contribution in [0.3, 0.4) is 0 Å². The molecule has 0 bridgehead atoms. The summed E-state index contributed by atoms with van der Waals surface area (Å²) in [5.74, 6) is 0.429. The van der Waals surface area contributed by atoms with Gasteiger partial charge < -0.3 is 5.32 Å². The van der Waals surface area contributed by atoms with Crippen LogP contribution < -0.4 is 5.32 Å².